The molecule has 1 amide bonds. The van der Waals surface area contributed by atoms with Crippen LogP contribution in [0.25, 0.3) is 6.08 Å². The van der Waals surface area contributed by atoms with E-state index >= 15 is 0 Å². The number of aromatic nitrogens is 2. The molecule has 2 heterocycles. The fourth-order valence-electron chi connectivity index (χ4n) is 2.57. The maximum atomic E-state index is 12.3. The first kappa shape index (κ1) is 14.5. The molecule has 0 N–H and O–H groups in total. The van der Waals surface area contributed by atoms with Crippen molar-refractivity contribution in [2.45, 2.75) is 38.6 Å². The molecule has 0 spiro atoms. The normalized spacial score (nSPS) is 19.5. The van der Waals surface area contributed by atoms with Crippen LogP contribution >= 0.6 is 0 Å². The van der Waals surface area contributed by atoms with Crippen LogP contribution in [0.4, 0.5) is 0 Å². The third-order valence-corrected chi connectivity index (χ3v) is 3.76. The lowest BCUT2D eigenvalue weighted by atomic mass is 9.97. The summed E-state index contributed by atoms with van der Waals surface area (Å²) in [5.74, 6) is 0.0738. The topological polar surface area (TPSA) is 55.2 Å². The molecule has 0 bridgehead atoms. The van der Waals surface area contributed by atoms with Crippen LogP contribution in [-0.4, -0.2) is 39.0 Å². The predicted molar refractivity (Wildman–Crippen MR) is 76.9 cm³/mol. The van der Waals surface area contributed by atoms with Gasteiger partial charge in [0, 0.05) is 32.3 Å². The summed E-state index contributed by atoms with van der Waals surface area (Å²) in [6.45, 7) is 2.52. The first-order valence-corrected chi connectivity index (χ1v) is 7.13. The molecule has 1 aliphatic rings. The quantitative estimate of drug-likeness (QED) is 0.787. The Morgan fingerprint density at radius 3 is 2.90 bits per heavy atom. The second kappa shape index (κ2) is 6.50. The number of amides is 1. The number of Topliss-reactive ketones (excluding diaryl/α,β-unsaturated/α-hetero) is 1. The van der Waals surface area contributed by atoms with Crippen LogP contribution in [0.3, 0.4) is 0 Å². The molecule has 1 aliphatic heterocycles. The molecular formula is C15H21N3O2. The Labute approximate surface area is 119 Å². The van der Waals surface area contributed by atoms with Crippen LogP contribution in [0, 0.1) is 0 Å². The smallest absolute Gasteiger partial charge is 0.247 e. The summed E-state index contributed by atoms with van der Waals surface area (Å²) >= 11 is 0. The minimum Gasteiger partial charge on any atom is -0.329 e. The summed E-state index contributed by atoms with van der Waals surface area (Å²) in [5, 5.41) is 4.05. The number of likely N-dealkylation sites (tertiary alicyclic amines) is 1. The summed E-state index contributed by atoms with van der Waals surface area (Å²) in [4.78, 5) is 25.9. The first-order chi connectivity index (χ1) is 9.63. The number of piperidine rings is 1. The van der Waals surface area contributed by atoms with Crippen molar-refractivity contribution in [3.05, 3.63) is 24.0 Å². The number of ketones is 1. The van der Waals surface area contributed by atoms with Crippen molar-refractivity contribution in [3.8, 4) is 0 Å². The largest absolute Gasteiger partial charge is 0.329 e. The molecule has 20 heavy (non-hydrogen) atoms. The number of nitrogens with zero attached hydrogens (tertiary/aromatic N) is 3. The summed E-state index contributed by atoms with van der Waals surface area (Å²) in [6, 6.07) is 1.60. The van der Waals surface area contributed by atoms with Crippen LogP contribution in [0.15, 0.2) is 18.3 Å². The highest BCUT2D eigenvalue weighted by atomic mass is 16.2. The fraction of sp³-hybridized carbons (Fsp3) is 0.533. The van der Waals surface area contributed by atoms with Gasteiger partial charge in [-0.1, -0.05) is 6.92 Å². The third-order valence-electron chi connectivity index (χ3n) is 3.76. The molecule has 108 valence electrons. The molecular weight excluding hydrogens is 254 g/mol. The van der Waals surface area contributed by atoms with E-state index in [1.54, 1.807) is 21.9 Å². The highest BCUT2D eigenvalue weighted by molar-refractivity contribution is 5.96. The van der Waals surface area contributed by atoms with E-state index in [9.17, 15) is 9.59 Å². The average molecular weight is 275 g/mol. The van der Waals surface area contributed by atoms with Crippen molar-refractivity contribution in [2.75, 3.05) is 6.54 Å². The molecule has 2 rings (SSSR count). The van der Waals surface area contributed by atoms with Gasteiger partial charge in [-0.15, -0.1) is 0 Å². The Morgan fingerprint density at radius 1 is 1.45 bits per heavy atom. The number of carbonyl (C=O) groups is 2. The van der Waals surface area contributed by atoms with E-state index in [4.69, 9.17) is 0 Å². The second-order valence-electron chi connectivity index (χ2n) is 5.08. The van der Waals surface area contributed by atoms with Gasteiger partial charge >= 0.3 is 0 Å². The van der Waals surface area contributed by atoms with Crippen molar-refractivity contribution < 1.29 is 9.59 Å². The maximum Gasteiger partial charge on any atom is 0.247 e. The van der Waals surface area contributed by atoms with Crippen LogP contribution in [0.5, 0.6) is 0 Å². The van der Waals surface area contributed by atoms with E-state index in [1.165, 1.54) is 6.08 Å². The standard InChI is InChI=1S/C15H21N3O2/c1-3-14(19)13-6-4-5-11-18(13)15(20)8-7-12-9-10-16-17(12)2/h7-10,13H,3-6,11H2,1-2H3/b8-7+/t13-/m0/s1. The zero-order valence-corrected chi connectivity index (χ0v) is 12.1. The third kappa shape index (κ3) is 3.15. The Balaban J connectivity index is 2.08. The van der Waals surface area contributed by atoms with Gasteiger partial charge in [0.1, 0.15) is 0 Å². The molecule has 1 saturated heterocycles. The van der Waals surface area contributed by atoms with Gasteiger partial charge in [-0.05, 0) is 31.4 Å². The lowest BCUT2D eigenvalue weighted by molar-refractivity contribution is -0.137. The molecule has 0 radical (unpaired) electrons. The zero-order valence-electron chi connectivity index (χ0n) is 12.1. The lowest BCUT2D eigenvalue weighted by Crippen LogP contribution is -2.47. The van der Waals surface area contributed by atoms with Gasteiger partial charge in [0.25, 0.3) is 0 Å². The van der Waals surface area contributed by atoms with Gasteiger partial charge < -0.3 is 4.90 Å². The highest BCUT2D eigenvalue weighted by Gasteiger charge is 2.29. The van der Waals surface area contributed by atoms with Gasteiger partial charge in [-0.3, -0.25) is 14.3 Å². The van der Waals surface area contributed by atoms with E-state index < -0.39 is 0 Å². The first-order valence-electron chi connectivity index (χ1n) is 7.13. The van der Waals surface area contributed by atoms with Gasteiger partial charge in [0.2, 0.25) is 5.91 Å². The van der Waals surface area contributed by atoms with Crippen molar-refractivity contribution in [1.29, 1.82) is 0 Å². The minimum absolute atomic E-state index is 0.0855. The van der Waals surface area contributed by atoms with Crippen molar-refractivity contribution in [2.24, 2.45) is 7.05 Å². The molecule has 1 fully saturated rings. The van der Waals surface area contributed by atoms with Gasteiger partial charge in [-0.25, -0.2) is 0 Å². The van der Waals surface area contributed by atoms with Gasteiger partial charge in [0.05, 0.1) is 11.7 Å². The maximum absolute atomic E-state index is 12.3. The van der Waals surface area contributed by atoms with E-state index in [-0.39, 0.29) is 17.7 Å². The number of rotatable bonds is 4. The number of aryl methyl sites for hydroxylation is 1. The van der Waals surface area contributed by atoms with Crippen molar-refractivity contribution in [1.82, 2.24) is 14.7 Å². The van der Waals surface area contributed by atoms with Crippen molar-refractivity contribution in [3.63, 3.8) is 0 Å². The molecule has 1 aromatic heterocycles. The molecule has 5 heteroatoms. The minimum atomic E-state index is -0.238. The summed E-state index contributed by atoms with van der Waals surface area (Å²) in [5.41, 5.74) is 0.869. The Bertz CT molecular complexity index is 519. The monoisotopic (exact) mass is 275 g/mol. The summed E-state index contributed by atoms with van der Waals surface area (Å²) in [7, 11) is 1.83. The Morgan fingerprint density at radius 2 is 2.25 bits per heavy atom. The van der Waals surface area contributed by atoms with E-state index in [0.29, 0.717) is 13.0 Å². The zero-order chi connectivity index (χ0) is 14.5. The number of hydrogen-bond donors (Lipinski definition) is 0. The van der Waals surface area contributed by atoms with Crippen LogP contribution in [0.1, 0.15) is 38.3 Å². The fourth-order valence-corrected chi connectivity index (χ4v) is 2.57. The molecule has 0 aliphatic carbocycles. The van der Waals surface area contributed by atoms with Crippen LogP contribution in [-0.2, 0) is 16.6 Å². The van der Waals surface area contributed by atoms with E-state index in [2.05, 4.69) is 5.10 Å². The predicted octanol–water partition coefficient (Wildman–Crippen LogP) is 1.79. The lowest BCUT2D eigenvalue weighted by Gasteiger charge is -2.33. The summed E-state index contributed by atoms with van der Waals surface area (Å²) < 4.78 is 1.70. The molecule has 0 saturated carbocycles. The second-order valence-corrected chi connectivity index (χ2v) is 5.08. The molecule has 1 atom stereocenters. The van der Waals surface area contributed by atoms with Crippen LogP contribution in [0.2, 0.25) is 0 Å². The number of carbonyl (C=O) groups excluding carboxylic acids is 2. The van der Waals surface area contributed by atoms with Gasteiger partial charge in [-0.2, -0.15) is 5.10 Å². The molecule has 0 unspecified atom stereocenters. The van der Waals surface area contributed by atoms with Crippen LogP contribution < -0.4 is 0 Å². The highest BCUT2D eigenvalue weighted by Crippen LogP contribution is 2.19. The Kier molecular flexibility index (Phi) is 4.71. The molecule has 1 aromatic rings. The van der Waals surface area contributed by atoms with E-state index in [1.807, 2.05) is 20.0 Å². The number of hydrogen-bond acceptors (Lipinski definition) is 3. The van der Waals surface area contributed by atoms with E-state index in [0.717, 1.165) is 25.0 Å². The average Bonchev–Trinajstić information content (AvgIpc) is 2.89. The summed E-state index contributed by atoms with van der Waals surface area (Å²) in [6.07, 6.45) is 8.24. The van der Waals surface area contributed by atoms with Gasteiger partial charge in [0.15, 0.2) is 5.78 Å². The van der Waals surface area contributed by atoms with Crippen molar-refractivity contribution >= 4 is 17.8 Å². The molecule has 0 aromatic carbocycles. The Hall–Kier alpha value is -1.91. The SMILES string of the molecule is CCC(=O)[C@@H]1CCCCN1C(=O)/C=C/c1ccnn1C. The molecule has 5 nitrogen and oxygen atoms in total.